The van der Waals surface area contributed by atoms with Crippen LogP contribution in [0.4, 0.5) is 0 Å². The number of nitrogens with one attached hydrogen (secondary N) is 1. The van der Waals surface area contributed by atoms with Crippen molar-refractivity contribution >= 4 is 47.1 Å². The summed E-state index contributed by atoms with van der Waals surface area (Å²) in [6, 6.07) is 6.76. The lowest BCUT2D eigenvalue weighted by atomic mass is 9.68. The van der Waals surface area contributed by atoms with Gasteiger partial charge in [-0.3, -0.25) is 43.3 Å². The number of carboxylic acids is 1. The van der Waals surface area contributed by atoms with Crippen LogP contribution in [0.25, 0.3) is 0 Å². The highest BCUT2D eigenvalue weighted by Crippen LogP contribution is 2.42. The van der Waals surface area contributed by atoms with Gasteiger partial charge in [-0.2, -0.15) is 0 Å². The SMILES string of the molecule is CC[C@H](C)[C@@H]([C@@H](CC(=O)N1CCC[C@H]1[C@H](OC)[C@@H](C)C(=O)C[C@H](C(=O)O)[C@H]1Cc2ccccc21)OC)N(C)C(=O)[C@@H](CC(=O)C(C)(C)NC(=O)CCCCCN1C(=O)C=CC1=O)C(C)C. The number of ketones is 2. The molecule has 1 aliphatic carbocycles. The van der Waals surface area contributed by atoms with Gasteiger partial charge in [0, 0.05) is 83.5 Å². The first kappa shape index (κ1) is 52.9. The van der Waals surface area contributed by atoms with Crippen LogP contribution in [0.3, 0.4) is 0 Å². The quantitative estimate of drug-likeness (QED) is 0.0834. The summed E-state index contributed by atoms with van der Waals surface area (Å²) >= 11 is 0. The molecule has 0 bridgehead atoms. The number of likely N-dealkylation sites (tertiary alicyclic amines) is 1. The van der Waals surface area contributed by atoms with E-state index < -0.39 is 53.6 Å². The smallest absolute Gasteiger partial charge is 0.307 e. The second kappa shape index (κ2) is 23.6. The third-order valence-corrected chi connectivity index (χ3v) is 14.3. The molecule has 1 aromatic rings. The minimum Gasteiger partial charge on any atom is -0.481 e. The van der Waals surface area contributed by atoms with E-state index in [1.807, 2.05) is 52.0 Å². The van der Waals surface area contributed by atoms with Crippen LogP contribution in [0.2, 0.25) is 0 Å². The maximum atomic E-state index is 14.5. The van der Waals surface area contributed by atoms with Crippen LogP contribution in [-0.4, -0.2) is 131 Å². The Kier molecular flexibility index (Phi) is 19.2. The van der Waals surface area contributed by atoms with Gasteiger partial charge in [-0.1, -0.05) is 71.7 Å². The van der Waals surface area contributed by atoms with E-state index in [1.54, 1.807) is 37.6 Å². The van der Waals surface area contributed by atoms with E-state index in [2.05, 4.69) is 5.32 Å². The number of hydrogen-bond acceptors (Lipinski definition) is 10. The van der Waals surface area contributed by atoms with Crippen molar-refractivity contribution in [2.45, 2.75) is 155 Å². The lowest BCUT2D eigenvalue weighted by molar-refractivity contribution is -0.149. The molecule has 360 valence electrons. The molecule has 0 radical (unpaired) electrons. The van der Waals surface area contributed by atoms with E-state index in [-0.39, 0.29) is 91.1 Å². The summed E-state index contributed by atoms with van der Waals surface area (Å²) in [4.78, 5) is 110. The summed E-state index contributed by atoms with van der Waals surface area (Å²) < 4.78 is 12.0. The number of carboxylic acid groups (broad SMARTS) is 1. The van der Waals surface area contributed by atoms with Crippen LogP contribution in [-0.2, 0) is 54.3 Å². The highest BCUT2D eigenvalue weighted by molar-refractivity contribution is 6.12. The Morgan fingerprint density at radius 2 is 1.58 bits per heavy atom. The van der Waals surface area contributed by atoms with Crippen LogP contribution in [0.1, 0.15) is 130 Å². The normalized spacial score (nSPS) is 20.4. The number of amides is 5. The molecule has 3 aliphatic rings. The Labute approximate surface area is 385 Å². The molecular weight excluding hydrogens is 833 g/mol. The average Bonchev–Trinajstić information content (AvgIpc) is 3.87. The fraction of sp³-hybridized carbons (Fsp3) is 0.680. The van der Waals surface area contributed by atoms with E-state index in [1.165, 1.54) is 31.3 Å². The summed E-state index contributed by atoms with van der Waals surface area (Å²) in [7, 11) is 4.73. The van der Waals surface area contributed by atoms with E-state index in [0.29, 0.717) is 51.5 Å². The molecule has 1 saturated heterocycles. The van der Waals surface area contributed by atoms with Crippen molar-refractivity contribution in [3.8, 4) is 0 Å². The number of hydrogen-bond donors (Lipinski definition) is 2. The number of imide groups is 1. The van der Waals surface area contributed by atoms with Crippen molar-refractivity contribution in [3.63, 3.8) is 0 Å². The Balaban J connectivity index is 1.38. The van der Waals surface area contributed by atoms with E-state index in [4.69, 9.17) is 9.47 Å². The summed E-state index contributed by atoms with van der Waals surface area (Å²) in [5.74, 6) is -5.81. The number of ether oxygens (including phenoxy) is 2. The molecule has 2 aliphatic heterocycles. The second-order valence-corrected chi connectivity index (χ2v) is 19.3. The molecule has 0 unspecified atom stereocenters. The number of fused-ring (bicyclic) bond motifs is 1. The Morgan fingerprint density at radius 3 is 2.17 bits per heavy atom. The zero-order chi connectivity index (χ0) is 48.3. The zero-order valence-electron chi connectivity index (χ0n) is 40.3. The zero-order valence-corrected chi connectivity index (χ0v) is 40.3. The molecule has 5 amide bonds. The van der Waals surface area contributed by atoms with Gasteiger partial charge in [-0.25, -0.2) is 0 Å². The molecule has 15 heteroatoms. The lowest BCUT2D eigenvalue weighted by Gasteiger charge is -2.41. The first-order valence-corrected chi connectivity index (χ1v) is 23.5. The van der Waals surface area contributed by atoms with Gasteiger partial charge < -0.3 is 29.7 Å². The molecule has 1 fully saturated rings. The number of carbonyl (C=O) groups excluding carboxylic acids is 7. The number of methoxy groups -OCH3 is 2. The molecular formula is C50H74N4O11. The van der Waals surface area contributed by atoms with Crippen molar-refractivity contribution < 1.29 is 52.9 Å². The minimum absolute atomic E-state index is 0.0450. The number of nitrogens with zero attached hydrogens (tertiary/aromatic N) is 3. The van der Waals surface area contributed by atoms with Crippen molar-refractivity contribution in [2.75, 3.05) is 34.4 Å². The van der Waals surface area contributed by atoms with Crippen LogP contribution in [0.15, 0.2) is 36.4 Å². The summed E-state index contributed by atoms with van der Waals surface area (Å²) in [5.41, 5.74) is 0.819. The van der Waals surface area contributed by atoms with Crippen molar-refractivity contribution in [3.05, 3.63) is 47.5 Å². The topological polar surface area (TPSA) is 197 Å². The fourth-order valence-electron chi connectivity index (χ4n) is 9.99. The number of unbranched alkanes of at least 4 members (excludes halogenated alkanes) is 2. The minimum atomic E-state index is -1.25. The van der Waals surface area contributed by atoms with Crippen LogP contribution >= 0.6 is 0 Å². The third kappa shape index (κ3) is 13.0. The molecule has 15 nitrogen and oxygen atoms in total. The Hall–Kier alpha value is -4.76. The maximum Gasteiger partial charge on any atom is 0.307 e. The van der Waals surface area contributed by atoms with Crippen LogP contribution in [0.5, 0.6) is 0 Å². The van der Waals surface area contributed by atoms with E-state index in [9.17, 15) is 43.5 Å². The van der Waals surface area contributed by atoms with Gasteiger partial charge in [0.1, 0.15) is 5.78 Å². The van der Waals surface area contributed by atoms with Crippen LogP contribution < -0.4 is 5.32 Å². The number of likely N-dealkylation sites (N-methyl/N-ethyl adjacent to an activating group) is 1. The van der Waals surface area contributed by atoms with Gasteiger partial charge in [0.05, 0.1) is 42.2 Å². The molecule has 2 N–H and O–H groups in total. The maximum absolute atomic E-state index is 14.5. The highest BCUT2D eigenvalue weighted by Gasteiger charge is 2.45. The van der Waals surface area contributed by atoms with E-state index >= 15 is 0 Å². The molecule has 65 heavy (non-hydrogen) atoms. The fourth-order valence-corrected chi connectivity index (χ4v) is 9.99. The number of benzene rings is 1. The molecule has 4 rings (SSSR count). The van der Waals surface area contributed by atoms with Crippen molar-refractivity contribution in [1.29, 1.82) is 0 Å². The van der Waals surface area contributed by atoms with Crippen molar-refractivity contribution in [2.24, 2.45) is 29.6 Å². The molecule has 9 atom stereocenters. The van der Waals surface area contributed by atoms with Gasteiger partial charge in [-0.05, 0) is 68.9 Å². The number of aliphatic carboxylic acids is 1. The summed E-state index contributed by atoms with van der Waals surface area (Å²) in [6.45, 7) is 13.5. The van der Waals surface area contributed by atoms with Gasteiger partial charge >= 0.3 is 5.97 Å². The van der Waals surface area contributed by atoms with E-state index in [0.717, 1.165) is 11.1 Å². The molecule has 0 aromatic heterocycles. The number of Topliss-reactive ketones (excluding diaryl/α,β-unsaturated/α-hetero) is 2. The number of carbonyl (C=O) groups is 8. The summed E-state index contributed by atoms with van der Waals surface area (Å²) in [6.07, 6.45) is 5.24. The molecule has 2 heterocycles. The second-order valence-electron chi connectivity index (χ2n) is 19.3. The monoisotopic (exact) mass is 907 g/mol. The first-order chi connectivity index (χ1) is 30.7. The highest BCUT2D eigenvalue weighted by atomic mass is 16.5. The predicted octanol–water partition coefficient (Wildman–Crippen LogP) is 5.52. The first-order valence-electron chi connectivity index (χ1n) is 23.5. The lowest BCUT2D eigenvalue weighted by Crippen LogP contribution is -2.55. The average molecular weight is 907 g/mol. The van der Waals surface area contributed by atoms with Gasteiger partial charge in [-0.15, -0.1) is 0 Å². The number of rotatable bonds is 27. The molecule has 1 aromatic carbocycles. The van der Waals surface area contributed by atoms with Crippen molar-refractivity contribution in [1.82, 2.24) is 20.0 Å². The van der Waals surface area contributed by atoms with Gasteiger partial charge in [0.25, 0.3) is 11.8 Å². The van der Waals surface area contributed by atoms with Crippen LogP contribution in [0, 0.1) is 29.6 Å². The van der Waals surface area contributed by atoms with Gasteiger partial charge in [0.2, 0.25) is 17.7 Å². The Bertz CT molecular complexity index is 1910. The molecule has 0 spiro atoms. The largest absolute Gasteiger partial charge is 0.481 e. The third-order valence-electron chi connectivity index (χ3n) is 14.3. The molecule has 0 saturated carbocycles. The summed E-state index contributed by atoms with van der Waals surface area (Å²) in [5, 5.41) is 13.0. The Morgan fingerprint density at radius 1 is 0.923 bits per heavy atom. The van der Waals surface area contributed by atoms with Gasteiger partial charge in [0.15, 0.2) is 5.78 Å². The predicted molar refractivity (Wildman–Crippen MR) is 244 cm³/mol. The standard InChI is InChI=1S/C50H74N4O11/c1-11-31(4)46(52(8)48(61)35(30(2)3)28-41(56)50(6,7)51-42(57)21-13-12-16-24-54-43(58)22-23-44(54)59)40(64-9)29-45(60)53-25-17-20-38(53)47(65-10)32(5)39(55)27-37(49(62)63)36-26-33-18-14-15-19-34(33)36/h14-15,18-19,22-23,30-32,35-38,40,46-47H,11-13,16-17,20-21,24-29H2,1-10H3,(H,51,57)(H,62,63)/t31-,32-,35-,36-,37-,38-,40+,46-,47+/m0/s1.